The Morgan fingerprint density at radius 2 is 2.24 bits per heavy atom. The molecule has 1 aromatic heterocycles. The van der Waals surface area contributed by atoms with Gasteiger partial charge in [0, 0.05) is 12.7 Å². The van der Waals surface area contributed by atoms with Crippen LogP contribution >= 0.6 is 11.6 Å². The van der Waals surface area contributed by atoms with Crippen LogP contribution in [0.4, 0.5) is 0 Å². The SMILES string of the molecule is Cc1cccnc1C(=O)NCC(Cl)CC(C)C. The summed E-state index contributed by atoms with van der Waals surface area (Å²) in [5.74, 6) is 0.378. The summed E-state index contributed by atoms with van der Waals surface area (Å²) in [6, 6.07) is 3.68. The minimum Gasteiger partial charge on any atom is -0.349 e. The Balaban J connectivity index is 2.48. The van der Waals surface area contributed by atoms with Crippen molar-refractivity contribution >= 4 is 17.5 Å². The summed E-state index contributed by atoms with van der Waals surface area (Å²) in [5.41, 5.74) is 1.35. The molecule has 0 aliphatic carbocycles. The molecule has 0 radical (unpaired) electrons. The van der Waals surface area contributed by atoms with E-state index in [-0.39, 0.29) is 11.3 Å². The summed E-state index contributed by atoms with van der Waals surface area (Å²) in [4.78, 5) is 15.9. The molecule has 1 aromatic rings. The number of hydrogen-bond donors (Lipinski definition) is 1. The highest BCUT2D eigenvalue weighted by atomic mass is 35.5. The van der Waals surface area contributed by atoms with E-state index in [4.69, 9.17) is 11.6 Å². The molecule has 1 unspecified atom stereocenters. The Morgan fingerprint density at radius 1 is 1.53 bits per heavy atom. The molecule has 0 aliphatic heterocycles. The normalized spacial score (nSPS) is 12.5. The fourth-order valence-electron chi connectivity index (χ4n) is 1.61. The van der Waals surface area contributed by atoms with Gasteiger partial charge in [0.05, 0.1) is 5.38 Å². The standard InChI is InChI=1S/C13H19ClN2O/c1-9(2)7-11(14)8-16-13(17)12-10(3)5-4-6-15-12/h4-6,9,11H,7-8H2,1-3H3,(H,16,17). The molecule has 0 fully saturated rings. The first kappa shape index (κ1) is 14.0. The first-order valence-corrected chi connectivity index (χ1v) is 6.28. The zero-order chi connectivity index (χ0) is 12.8. The van der Waals surface area contributed by atoms with E-state index >= 15 is 0 Å². The third-order valence-corrected chi connectivity index (χ3v) is 2.77. The van der Waals surface area contributed by atoms with Gasteiger partial charge in [0.1, 0.15) is 5.69 Å². The Hall–Kier alpha value is -1.09. The second-order valence-corrected chi connectivity index (χ2v) is 5.22. The summed E-state index contributed by atoms with van der Waals surface area (Å²) >= 11 is 6.11. The number of nitrogens with one attached hydrogen (secondary N) is 1. The van der Waals surface area contributed by atoms with Crippen molar-refractivity contribution in [1.82, 2.24) is 10.3 Å². The number of aryl methyl sites for hydroxylation is 1. The fraction of sp³-hybridized carbons (Fsp3) is 0.538. The maximum absolute atomic E-state index is 11.8. The lowest BCUT2D eigenvalue weighted by Gasteiger charge is -2.13. The van der Waals surface area contributed by atoms with Crippen LogP contribution in [0.2, 0.25) is 0 Å². The highest BCUT2D eigenvalue weighted by Crippen LogP contribution is 2.10. The third kappa shape index (κ3) is 4.73. The van der Waals surface area contributed by atoms with Gasteiger partial charge in [-0.05, 0) is 30.9 Å². The average molecular weight is 255 g/mol. The molecule has 0 aliphatic rings. The second kappa shape index (κ2) is 6.60. The molecule has 94 valence electrons. The number of amides is 1. The first-order valence-electron chi connectivity index (χ1n) is 5.84. The molecule has 0 saturated heterocycles. The van der Waals surface area contributed by atoms with Crippen molar-refractivity contribution in [3.63, 3.8) is 0 Å². The van der Waals surface area contributed by atoms with Gasteiger partial charge in [-0.1, -0.05) is 19.9 Å². The Morgan fingerprint density at radius 3 is 2.82 bits per heavy atom. The topological polar surface area (TPSA) is 42.0 Å². The lowest BCUT2D eigenvalue weighted by atomic mass is 10.1. The Bertz CT molecular complexity index is 379. The number of nitrogens with zero attached hydrogens (tertiary/aromatic N) is 1. The molecule has 1 heterocycles. The number of carbonyl (C=O) groups excluding carboxylic acids is 1. The molecule has 0 spiro atoms. The van der Waals surface area contributed by atoms with Gasteiger partial charge < -0.3 is 5.32 Å². The van der Waals surface area contributed by atoms with E-state index in [1.165, 1.54) is 0 Å². The fourth-order valence-corrected chi connectivity index (χ4v) is 2.04. The molecule has 0 saturated carbocycles. The number of carbonyl (C=O) groups is 1. The van der Waals surface area contributed by atoms with Crippen LogP contribution < -0.4 is 5.32 Å². The minimum atomic E-state index is -0.155. The third-order valence-electron chi connectivity index (χ3n) is 2.44. The van der Waals surface area contributed by atoms with Crippen LogP contribution in [0.25, 0.3) is 0 Å². The van der Waals surface area contributed by atoms with Crippen LogP contribution in [-0.4, -0.2) is 22.8 Å². The van der Waals surface area contributed by atoms with Crippen molar-refractivity contribution in [1.29, 1.82) is 0 Å². The van der Waals surface area contributed by atoms with E-state index in [2.05, 4.69) is 24.1 Å². The number of alkyl halides is 1. The first-order chi connectivity index (χ1) is 8.00. The molecule has 1 N–H and O–H groups in total. The predicted octanol–water partition coefficient (Wildman–Crippen LogP) is 2.77. The van der Waals surface area contributed by atoms with Crippen LogP contribution in [0.5, 0.6) is 0 Å². The summed E-state index contributed by atoms with van der Waals surface area (Å²) in [5, 5.41) is 2.79. The van der Waals surface area contributed by atoms with Crippen molar-refractivity contribution in [3.05, 3.63) is 29.6 Å². The molecular formula is C13H19ClN2O. The molecule has 1 rings (SSSR count). The summed E-state index contributed by atoms with van der Waals surface area (Å²) in [7, 11) is 0. The van der Waals surface area contributed by atoms with Crippen LogP contribution in [0.15, 0.2) is 18.3 Å². The highest BCUT2D eigenvalue weighted by molar-refractivity contribution is 6.20. The van der Waals surface area contributed by atoms with Gasteiger partial charge in [-0.3, -0.25) is 9.78 Å². The summed E-state index contributed by atoms with van der Waals surface area (Å²) < 4.78 is 0. The van der Waals surface area contributed by atoms with E-state index in [0.29, 0.717) is 18.2 Å². The molecule has 0 bridgehead atoms. The van der Waals surface area contributed by atoms with Crippen LogP contribution in [0.1, 0.15) is 36.3 Å². The Labute approximate surface area is 108 Å². The van der Waals surface area contributed by atoms with Gasteiger partial charge in [-0.2, -0.15) is 0 Å². The number of rotatable bonds is 5. The number of halogens is 1. The number of pyridine rings is 1. The summed E-state index contributed by atoms with van der Waals surface area (Å²) in [6.07, 6.45) is 2.51. The van der Waals surface area contributed by atoms with Gasteiger partial charge in [0.2, 0.25) is 0 Å². The number of hydrogen-bond acceptors (Lipinski definition) is 2. The predicted molar refractivity (Wildman–Crippen MR) is 70.4 cm³/mol. The second-order valence-electron chi connectivity index (χ2n) is 4.61. The van der Waals surface area contributed by atoms with Gasteiger partial charge in [0.15, 0.2) is 0 Å². The van der Waals surface area contributed by atoms with Gasteiger partial charge >= 0.3 is 0 Å². The van der Waals surface area contributed by atoms with Crippen LogP contribution in [-0.2, 0) is 0 Å². The summed E-state index contributed by atoms with van der Waals surface area (Å²) in [6.45, 7) is 6.57. The molecule has 3 nitrogen and oxygen atoms in total. The molecule has 1 atom stereocenters. The van der Waals surface area contributed by atoms with E-state index < -0.39 is 0 Å². The van der Waals surface area contributed by atoms with E-state index in [9.17, 15) is 4.79 Å². The van der Waals surface area contributed by atoms with Crippen molar-refractivity contribution in [3.8, 4) is 0 Å². The van der Waals surface area contributed by atoms with Crippen LogP contribution in [0.3, 0.4) is 0 Å². The van der Waals surface area contributed by atoms with E-state index in [1.807, 2.05) is 19.1 Å². The van der Waals surface area contributed by atoms with Crippen molar-refractivity contribution in [2.45, 2.75) is 32.6 Å². The maximum atomic E-state index is 11.8. The minimum absolute atomic E-state index is 0.0250. The zero-order valence-corrected chi connectivity index (χ0v) is 11.3. The molecule has 17 heavy (non-hydrogen) atoms. The quantitative estimate of drug-likeness (QED) is 0.821. The van der Waals surface area contributed by atoms with E-state index in [0.717, 1.165) is 12.0 Å². The van der Waals surface area contributed by atoms with Crippen molar-refractivity contribution in [2.75, 3.05) is 6.54 Å². The van der Waals surface area contributed by atoms with Crippen LogP contribution in [0, 0.1) is 12.8 Å². The van der Waals surface area contributed by atoms with E-state index in [1.54, 1.807) is 6.20 Å². The Kier molecular flexibility index (Phi) is 5.42. The van der Waals surface area contributed by atoms with Gasteiger partial charge in [0.25, 0.3) is 5.91 Å². The smallest absolute Gasteiger partial charge is 0.270 e. The highest BCUT2D eigenvalue weighted by Gasteiger charge is 2.12. The van der Waals surface area contributed by atoms with Gasteiger partial charge in [-0.15, -0.1) is 11.6 Å². The lowest BCUT2D eigenvalue weighted by Crippen LogP contribution is -2.31. The lowest BCUT2D eigenvalue weighted by molar-refractivity contribution is 0.0947. The monoisotopic (exact) mass is 254 g/mol. The molecular weight excluding hydrogens is 236 g/mol. The number of aromatic nitrogens is 1. The van der Waals surface area contributed by atoms with Crippen molar-refractivity contribution < 1.29 is 4.79 Å². The largest absolute Gasteiger partial charge is 0.349 e. The zero-order valence-electron chi connectivity index (χ0n) is 10.5. The average Bonchev–Trinajstić information content (AvgIpc) is 2.25. The van der Waals surface area contributed by atoms with Gasteiger partial charge in [-0.25, -0.2) is 0 Å². The maximum Gasteiger partial charge on any atom is 0.270 e. The molecule has 0 aromatic carbocycles. The van der Waals surface area contributed by atoms with Crippen molar-refractivity contribution in [2.24, 2.45) is 5.92 Å². The molecule has 1 amide bonds. The molecule has 4 heteroatoms.